The summed E-state index contributed by atoms with van der Waals surface area (Å²) in [7, 11) is 1.55. The van der Waals surface area contributed by atoms with Crippen molar-refractivity contribution in [2.75, 3.05) is 12.4 Å². The van der Waals surface area contributed by atoms with Crippen LogP contribution >= 0.6 is 27.5 Å². The lowest BCUT2D eigenvalue weighted by molar-refractivity contribution is -0.142. The van der Waals surface area contributed by atoms with E-state index in [0.29, 0.717) is 22.3 Å². The van der Waals surface area contributed by atoms with E-state index >= 15 is 0 Å². The van der Waals surface area contributed by atoms with Gasteiger partial charge < -0.3 is 15.0 Å². The number of benzene rings is 2. The topological polar surface area (TPSA) is 89.4 Å². The Bertz CT molecular complexity index is 1330. The van der Waals surface area contributed by atoms with Crippen molar-refractivity contribution in [1.82, 2.24) is 19.7 Å². The molecule has 2 aromatic carbocycles. The lowest BCUT2D eigenvalue weighted by atomic mass is 10.3. The Labute approximate surface area is 209 Å². The van der Waals surface area contributed by atoms with E-state index in [-0.39, 0.29) is 6.54 Å². The molecule has 0 aliphatic carbocycles. The second kappa shape index (κ2) is 10.5. The summed E-state index contributed by atoms with van der Waals surface area (Å²) >= 11 is 9.41. The molecule has 0 saturated heterocycles. The van der Waals surface area contributed by atoms with Crippen molar-refractivity contribution in [2.45, 2.75) is 6.54 Å². The van der Waals surface area contributed by atoms with Gasteiger partial charge in [0.05, 0.1) is 23.8 Å². The van der Waals surface area contributed by atoms with Crippen LogP contribution in [-0.2, 0) is 16.1 Å². The molecule has 0 spiro atoms. The number of hydrogen-bond acceptors (Lipinski definition) is 5. The molecule has 0 radical (unpaired) electrons. The van der Waals surface area contributed by atoms with Gasteiger partial charge in [0.1, 0.15) is 5.75 Å². The molecule has 0 saturated carbocycles. The van der Waals surface area contributed by atoms with Gasteiger partial charge in [0.25, 0.3) is 0 Å². The normalized spacial score (nSPS) is 10.6. The van der Waals surface area contributed by atoms with Gasteiger partial charge in [-0.2, -0.15) is 5.10 Å². The molecule has 0 bridgehead atoms. The highest BCUT2D eigenvalue weighted by Gasteiger charge is 2.20. The fourth-order valence-electron chi connectivity index (χ4n) is 3.07. The van der Waals surface area contributed by atoms with Gasteiger partial charge in [0, 0.05) is 40.9 Å². The van der Waals surface area contributed by atoms with E-state index in [0.717, 1.165) is 15.7 Å². The third-order valence-corrected chi connectivity index (χ3v) is 5.41. The zero-order chi connectivity index (χ0) is 24.1. The number of nitrogens with zero attached hydrogens (tertiary/aromatic N) is 4. The standard InChI is InChI=1S/C24H19BrClN5O3/c1-30(14-16-12-28-31(15-16)20-6-3-5-18(26)11-20)24(33)23(32)29-19-8-9-22(27-13-19)34-21-7-2-4-17(25)10-21/h2-13,15H,14H2,1H3,(H,29,32). The number of carbonyl (C=O) groups excluding carboxylic acids is 2. The number of pyridine rings is 1. The molecule has 0 aliphatic rings. The SMILES string of the molecule is CN(Cc1cnn(-c2cccc(Cl)c2)c1)C(=O)C(=O)Nc1ccc(Oc2cccc(Br)c2)nc1. The number of hydrogen-bond donors (Lipinski definition) is 1. The zero-order valence-electron chi connectivity index (χ0n) is 18.0. The monoisotopic (exact) mass is 539 g/mol. The molecule has 4 rings (SSSR count). The number of rotatable bonds is 6. The second-order valence-corrected chi connectivity index (χ2v) is 8.69. The molecule has 0 aliphatic heterocycles. The summed E-state index contributed by atoms with van der Waals surface area (Å²) < 4.78 is 8.21. The first-order chi connectivity index (χ1) is 16.4. The van der Waals surface area contributed by atoms with Gasteiger partial charge in [0.15, 0.2) is 0 Å². The van der Waals surface area contributed by atoms with Crippen LogP contribution < -0.4 is 10.1 Å². The minimum Gasteiger partial charge on any atom is -0.439 e. The lowest BCUT2D eigenvalue weighted by Gasteiger charge is -2.15. The van der Waals surface area contributed by atoms with Crippen molar-refractivity contribution in [3.05, 3.63) is 94.3 Å². The van der Waals surface area contributed by atoms with E-state index < -0.39 is 11.8 Å². The van der Waals surface area contributed by atoms with Crippen LogP contribution in [-0.4, -0.2) is 38.5 Å². The fourth-order valence-corrected chi connectivity index (χ4v) is 3.63. The molecule has 0 unspecified atom stereocenters. The predicted molar refractivity (Wildman–Crippen MR) is 132 cm³/mol. The summed E-state index contributed by atoms with van der Waals surface area (Å²) in [5, 5.41) is 7.44. The van der Waals surface area contributed by atoms with E-state index in [9.17, 15) is 9.59 Å². The molecule has 0 fully saturated rings. The zero-order valence-corrected chi connectivity index (χ0v) is 20.3. The Balaban J connectivity index is 1.33. The van der Waals surface area contributed by atoms with Gasteiger partial charge in [-0.05, 0) is 42.5 Å². The Morgan fingerprint density at radius 2 is 1.94 bits per heavy atom. The van der Waals surface area contributed by atoms with Crippen molar-refractivity contribution in [1.29, 1.82) is 0 Å². The van der Waals surface area contributed by atoms with Crippen molar-refractivity contribution in [2.24, 2.45) is 0 Å². The Morgan fingerprint density at radius 1 is 1.12 bits per heavy atom. The van der Waals surface area contributed by atoms with Crippen molar-refractivity contribution in [3.8, 4) is 17.3 Å². The Hall–Kier alpha value is -3.69. The first-order valence-electron chi connectivity index (χ1n) is 10.1. The molecule has 2 heterocycles. The quantitative estimate of drug-likeness (QED) is 0.345. The Morgan fingerprint density at radius 3 is 2.68 bits per heavy atom. The average molecular weight is 541 g/mol. The molecular formula is C24H19BrClN5O3. The summed E-state index contributed by atoms with van der Waals surface area (Å²) in [5.74, 6) is -0.484. The summed E-state index contributed by atoms with van der Waals surface area (Å²) in [5.41, 5.74) is 1.94. The number of halogens is 2. The van der Waals surface area contributed by atoms with E-state index in [4.69, 9.17) is 16.3 Å². The highest BCUT2D eigenvalue weighted by atomic mass is 79.9. The molecule has 2 amide bonds. The van der Waals surface area contributed by atoms with Gasteiger partial charge in [0.2, 0.25) is 5.88 Å². The van der Waals surface area contributed by atoms with Crippen LogP contribution in [0.25, 0.3) is 5.69 Å². The smallest absolute Gasteiger partial charge is 0.313 e. The van der Waals surface area contributed by atoms with Crippen LogP contribution in [0, 0.1) is 0 Å². The predicted octanol–water partition coefficient (Wildman–Crippen LogP) is 5.07. The third kappa shape index (κ3) is 6.00. The van der Waals surface area contributed by atoms with Gasteiger partial charge >= 0.3 is 11.8 Å². The largest absolute Gasteiger partial charge is 0.439 e. The van der Waals surface area contributed by atoms with Gasteiger partial charge in [-0.25, -0.2) is 9.67 Å². The minimum absolute atomic E-state index is 0.213. The first-order valence-corrected chi connectivity index (χ1v) is 11.3. The molecule has 34 heavy (non-hydrogen) atoms. The lowest BCUT2D eigenvalue weighted by Crippen LogP contribution is -2.36. The number of anilines is 1. The van der Waals surface area contributed by atoms with E-state index in [1.807, 2.05) is 30.3 Å². The van der Waals surface area contributed by atoms with Crippen LogP contribution in [0.5, 0.6) is 11.6 Å². The van der Waals surface area contributed by atoms with Crippen LogP contribution in [0.15, 0.2) is 83.7 Å². The summed E-state index contributed by atoms with van der Waals surface area (Å²) in [6.07, 6.45) is 4.84. The number of aromatic nitrogens is 3. The number of ether oxygens (including phenoxy) is 1. The molecule has 2 aromatic heterocycles. The van der Waals surface area contributed by atoms with Crippen molar-refractivity contribution >= 4 is 45.0 Å². The van der Waals surface area contributed by atoms with Crippen molar-refractivity contribution < 1.29 is 14.3 Å². The van der Waals surface area contributed by atoms with Crippen LogP contribution in [0.3, 0.4) is 0 Å². The summed E-state index contributed by atoms with van der Waals surface area (Å²) in [6.45, 7) is 0.213. The summed E-state index contributed by atoms with van der Waals surface area (Å²) in [6, 6.07) is 17.8. The van der Waals surface area contributed by atoms with Crippen LogP contribution in [0.1, 0.15) is 5.56 Å². The fraction of sp³-hybridized carbons (Fsp3) is 0.0833. The van der Waals surface area contributed by atoms with Crippen molar-refractivity contribution in [3.63, 3.8) is 0 Å². The van der Waals surface area contributed by atoms with E-state index in [2.05, 4.69) is 31.3 Å². The van der Waals surface area contributed by atoms with Crippen LogP contribution in [0.4, 0.5) is 5.69 Å². The van der Waals surface area contributed by atoms with E-state index in [1.165, 1.54) is 11.1 Å². The maximum absolute atomic E-state index is 12.5. The third-order valence-electron chi connectivity index (χ3n) is 4.68. The maximum atomic E-state index is 12.5. The molecular weight excluding hydrogens is 522 g/mol. The molecule has 4 aromatic rings. The second-order valence-electron chi connectivity index (χ2n) is 7.33. The molecule has 0 atom stereocenters. The van der Waals surface area contributed by atoms with Gasteiger partial charge in [-0.1, -0.05) is 39.7 Å². The summed E-state index contributed by atoms with van der Waals surface area (Å²) in [4.78, 5) is 30.4. The van der Waals surface area contributed by atoms with Gasteiger partial charge in [-0.3, -0.25) is 9.59 Å². The number of nitrogens with one attached hydrogen (secondary N) is 1. The molecule has 1 N–H and O–H groups in total. The average Bonchev–Trinajstić information content (AvgIpc) is 3.28. The van der Waals surface area contributed by atoms with Gasteiger partial charge in [-0.15, -0.1) is 0 Å². The first kappa shape index (κ1) is 23.5. The minimum atomic E-state index is -0.771. The van der Waals surface area contributed by atoms with Crippen LogP contribution in [0.2, 0.25) is 5.02 Å². The number of likely N-dealkylation sites (N-methyl/N-ethyl adjacent to an activating group) is 1. The molecule has 8 nitrogen and oxygen atoms in total. The maximum Gasteiger partial charge on any atom is 0.313 e. The highest BCUT2D eigenvalue weighted by molar-refractivity contribution is 9.10. The highest BCUT2D eigenvalue weighted by Crippen LogP contribution is 2.23. The molecule has 10 heteroatoms. The van der Waals surface area contributed by atoms with E-state index in [1.54, 1.807) is 54.5 Å². The molecule has 172 valence electrons. The Kier molecular flexibility index (Phi) is 7.24. The number of carbonyl (C=O) groups is 2. The number of amides is 2.